The highest BCUT2D eigenvalue weighted by Gasteiger charge is 2.26. The van der Waals surface area contributed by atoms with Gasteiger partial charge in [-0.2, -0.15) is 4.98 Å². The number of amides is 1. The van der Waals surface area contributed by atoms with Crippen molar-refractivity contribution < 1.29 is 14.1 Å². The molecule has 1 N–H and O–H groups in total. The lowest BCUT2D eigenvalue weighted by Crippen LogP contribution is -2.44. The van der Waals surface area contributed by atoms with Crippen LogP contribution in [0.25, 0.3) is 11.4 Å². The molecule has 1 amide bonds. The Morgan fingerprint density at radius 1 is 1.36 bits per heavy atom. The third kappa shape index (κ3) is 5.53. The normalized spacial score (nSPS) is 17.6. The van der Waals surface area contributed by atoms with E-state index in [1.54, 1.807) is 7.11 Å². The van der Waals surface area contributed by atoms with Gasteiger partial charge in [-0.05, 0) is 57.7 Å². The van der Waals surface area contributed by atoms with Gasteiger partial charge in [0, 0.05) is 25.2 Å². The van der Waals surface area contributed by atoms with Gasteiger partial charge in [0.05, 0.1) is 19.6 Å². The Kier molecular flexibility index (Phi) is 7.00. The molecule has 1 fully saturated rings. The fraction of sp³-hybridized carbons (Fsp3) is 0.550. The van der Waals surface area contributed by atoms with Crippen molar-refractivity contribution in [1.82, 2.24) is 25.3 Å². The second-order valence-corrected chi connectivity index (χ2v) is 7.41. The lowest BCUT2D eigenvalue weighted by molar-refractivity contribution is -0.126. The topological polar surface area (TPSA) is 83.7 Å². The van der Waals surface area contributed by atoms with Gasteiger partial charge in [0.2, 0.25) is 17.6 Å². The molecule has 0 spiro atoms. The van der Waals surface area contributed by atoms with Gasteiger partial charge in [0.25, 0.3) is 0 Å². The molecule has 0 bridgehead atoms. The minimum atomic E-state index is 0.0138. The van der Waals surface area contributed by atoms with E-state index in [0.717, 1.165) is 37.2 Å². The number of nitrogens with one attached hydrogen (secondary N) is 1. The number of hydrogen-bond donors (Lipinski definition) is 1. The number of ether oxygens (including phenoxy) is 1. The average molecular weight is 387 g/mol. The molecule has 1 atom stereocenters. The second kappa shape index (κ2) is 9.66. The number of carbonyl (C=O) groups excluding carboxylic acids is 1. The van der Waals surface area contributed by atoms with Gasteiger partial charge in [-0.3, -0.25) is 9.69 Å². The number of rotatable bonds is 8. The van der Waals surface area contributed by atoms with E-state index in [1.165, 1.54) is 0 Å². The number of aromatic nitrogens is 2. The van der Waals surface area contributed by atoms with Crippen molar-refractivity contribution >= 4 is 5.91 Å². The quantitative estimate of drug-likeness (QED) is 0.737. The molecular formula is C20H29N5O3. The monoisotopic (exact) mass is 387 g/mol. The molecule has 8 nitrogen and oxygen atoms in total. The third-order valence-corrected chi connectivity index (χ3v) is 4.91. The maximum atomic E-state index is 12.4. The van der Waals surface area contributed by atoms with Crippen molar-refractivity contribution in [2.75, 3.05) is 47.4 Å². The molecule has 1 aromatic carbocycles. The second-order valence-electron chi connectivity index (χ2n) is 7.41. The van der Waals surface area contributed by atoms with Gasteiger partial charge < -0.3 is 19.5 Å². The van der Waals surface area contributed by atoms with E-state index < -0.39 is 0 Å². The number of likely N-dealkylation sites (N-methyl/N-ethyl adjacent to an activating group) is 1. The van der Waals surface area contributed by atoms with Gasteiger partial charge in [-0.1, -0.05) is 5.16 Å². The Labute approximate surface area is 165 Å². The highest BCUT2D eigenvalue weighted by molar-refractivity contribution is 5.78. The molecule has 1 aromatic heterocycles. The molecule has 1 saturated heterocycles. The van der Waals surface area contributed by atoms with Crippen molar-refractivity contribution in [3.63, 3.8) is 0 Å². The lowest BCUT2D eigenvalue weighted by atomic mass is 9.97. The summed E-state index contributed by atoms with van der Waals surface area (Å²) in [6.07, 6.45) is 1.91. The number of methoxy groups -OCH3 is 1. The Balaban J connectivity index is 1.53. The zero-order valence-corrected chi connectivity index (χ0v) is 16.9. The molecule has 0 aliphatic carbocycles. The molecule has 0 saturated carbocycles. The number of nitrogens with zero attached hydrogens (tertiary/aromatic N) is 4. The van der Waals surface area contributed by atoms with E-state index in [9.17, 15) is 4.79 Å². The Bertz CT molecular complexity index is 759. The number of hydrogen-bond acceptors (Lipinski definition) is 7. The molecule has 1 unspecified atom stereocenters. The first-order chi connectivity index (χ1) is 13.5. The summed E-state index contributed by atoms with van der Waals surface area (Å²) in [7, 11) is 5.63. The zero-order chi connectivity index (χ0) is 19.9. The summed E-state index contributed by atoms with van der Waals surface area (Å²) in [5.74, 6) is 2.07. The van der Waals surface area contributed by atoms with Crippen LogP contribution in [-0.4, -0.2) is 73.2 Å². The molecule has 3 rings (SSSR count). The maximum absolute atomic E-state index is 12.4. The largest absolute Gasteiger partial charge is 0.497 e. The molecule has 2 aromatic rings. The number of carbonyl (C=O) groups is 1. The van der Waals surface area contributed by atoms with Crippen LogP contribution in [0.3, 0.4) is 0 Å². The van der Waals surface area contributed by atoms with Crippen LogP contribution in [-0.2, 0) is 11.3 Å². The third-order valence-electron chi connectivity index (χ3n) is 4.91. The van der Waals surface area contributed by atoms with E-state index in [-0.39, 0.29) is 11.8 Å². The summed E-state index contributed by atoms with van der Waals surface area (Å²) in [4.78, 5) is 21.2. The standard InChI is InChI=1S/C20H29N5O3/c1-24(2)12-10-21-20(26)16-5-4-11-25(13-16)14-18-22-19(23-28-18)15-6-8-17(27-3)9-7-15/h6-9,16H,4-5,10-14H2,1-3H3,(H,21,26). The van der Waals surface area contributed by atoms with Crippen LogP contribution in [0.15, 0.2) is 28.8 Å². The van der Waals surface area contributed by atoms with Crippen molar-refractivity contribution in [2.24, 2.45) is 5.92 Å². The Morgan fingerprint density at radius 2 is 2.14 bits per heavy atom. The van der Waals surface area contributed by atoms with Crippen LogP contribution < -0.4 is 10.1 Å². The van der Waals surface area contributed by atoms with Crippen LogP contribution in [0.5, 0.6) is 5.75 Å². The van der Waals surface area contributed by atoms with Gasteiger partial charge in [0.15, 0.2) is 0 Å². The molecule has 152 valence electrons. The van der Waals surface area contributed by atoms with E-state index in [2.05, 4.69) is 25.3 Å². The molecule has 2 heterocycles. The molecule has 1 aliphatic heterocycles. The fourth-order valence-electron chi connectivity index (χ4n) is 3.33. The van der Waals surface area contributed by atoms with Crippen LogP contribution in [0.1, 0.15) is 18.7 Å². The van der Waals surface area contributed by atoms with Crippen LogP contribution in [0.2, 0.25) is 0 Å². The molecular weight excluding hydrogens is 358 g/mol. The first-order valence-electron chi connectivity index (χ1n) is 9.67. The van der Waals surface area contributed by atoms with Crippen molar-refractivity contribution in [1.29, 1.82) is 0 Å². The van der Waals surface area contributed by atoms with Crippen LogP contribution in [0.4, 0.5) is 0 Å². The van der Waals surface area contributed by atoms with Gasteiger partial charge in [-0.15, -0.1) is 0 Å². The summed E-state index contributed by atoms with van der Waals surface area (Å²) in [6, 6.07) is 7.55. The maximum Gasteiger partial charge on any atom is 0.241 e. The van der Waals surface area contributed by atoms with E-state index in [1.807, 2.05) is 38.4 Å². The summed E-state index contributed by atoms with van der Waals surface area (Å²) in [5.41, 5.74) is 0.882. The minimum absolute atomic E-state index is 0.0138. The fourth-order valence-corrected chi connectivity index (χ4v) is 3.33. The summed E-state index contributed by atoms with van der Waals surface area (Å²) < 4.78 is 10.6. The van der Waals surface area contributed by atoms with E-state index >= 15 is 0 Å². The average Bonchev–Trinajstić information content (AvgIpc) is 3.16. The highest BCUT2D eigenvalue weighted by Crippen LogP contribution is 2.22. The van der Waals surface area contributed by atoms with Crippen molar-refractivity contribution in [3.8, 4) is 17.1 Å². The predicted octanol–water partition coefficient (Wildman–Crippen LogP) is 1.64. The van der Waals surface area contributed by atoms with E-state index in [0.29, 0.717) is 31.3 Å². The smallest absolute Gasteiger partial charge is 0.241 e. The number of piperidine rings is 1. The van der Waals surface area contributed by atoms with Crippen LogP contribution in [0, 0.1) is 5.92 Å². The molecule has 8 heteroatoms. The summed E-state index contributed by atoms with van der Waals surface area (Å²) >= 11 is 0. The predicted molar refractivity (Wildman–Crippen MR) is 106 cm³/mol. The van der Waals surface area contributed by atoms with Gasteiger partial charge in [0.1, 0.15) is 5.75 Å². The zero-order valence-electron chi connectivity index (χ0n) is 16.9. The first kappa shape index (κ1) is 20.3. The first-order valence-corrected chi connectivity index (χ1v) is 9.67. The minimum Gasteiger partial charge on any atom is -0.497 e. The Hall–Kier alpha value is -2.45. The van der Waals surface area contributed by atoms with Crippen molar-refractivity contribution in [3.05, 3.63) is 30.2 Å². The van der Waals surface area contributed by atoms with Crippen LogP contribution >= 0.6 is 0 Å². The SMILES string of the molecule is COc1ccc(-c2noc(CN3CCCC(C(=O)NCCN(C)C)C3)n2)cc1. The van der Waals surface area contributed by atoms with Gasteiger partial charge in [-0.25, -0.2) is 0 Å². The number of likely N-dealkylation sites (tertiary alicyclic amines) is 1. The summed E-state index contributed by atoms with van der Waals surface area (Å²) in [5, 5.41) is 7.12. The lowest BCUT2D eigenvalue weighted by Gasteiger charge is -2.31. The number of benzene rings is 1. The van der Waals surface area contributed by atoms with E-state index in [4.69, 9.17) is 9.26 Å². The molecule has 28 heavy (non-hydrogen) atoms. The molecule has 0 radical (unpaired) electrons. The summed E-state index contributed by atoms with van der Waals surface area (Å²) in [6.45, 7) is 3.73. The molecule has 1 aliphatic rings. The van der Waals surface area contributed by atoms with Crippen molar-refractivity contribution in [2.45, 2.75) is 19.4 Å². The highest BCUT2D eigenvalue weighted by atomic mass is 16.5. The Morgan fingerprint density at radius 3 is 2.86 bits per heavy atom. The van der Waals surface area contributed by atoms with Gasteiger partial charge >= 0.3 is 0 Å².